The molecule has 8 nitrogen and oxygen atoms in total. The van der Waals surface area contributed by atoms with Crippen molar-refractivity contribution in [1.82, 2.24) is 20.6 Å². The Bertz CT molecular complexity index is 943. The van der Waals surface area contributed by atoms with E-state index in [-0.39, 0.29) is 17.8 Å². The minimum atomic E-state index is -0.453. The van der Waals surface area contributed by atoms with Crippen LogP contribution in [0.4, 0.5) is 5.95 Å². The maximum absolute atomic E-state index is 12.8. The van der Waals surface area contributed by atoms with E-state index in [9.17, 15) is 9.59 Å². The SMILES string of the molecule is CCOC(=O)[C@H](C)C[C@@H](Cc1ccc(-c2ccccc2)cc1)C(=O)Nc1nn[nH]n1. The molecular weight excluding hydrogens is 382 g/mol. The van der Waals surface area contributed by atoms with Gasteiger partial charge in [0.05, 0.1) is 12.5 Å². The number of benzene rings is 2. The number of amides is 1. The van der Waals surface area contributed by atoms with Gasteiger partial charge in [0.2, 0.25) is 5.91 Å². The first kappa shape index (κ1) is 21.2. The standard InChI is InChI=1S/C22H25N5O3/c1-3-30-21(29)15(2)13-19(20(28)23-22-24-26-27-25-22)14-16-9-11-18(12-10-16)17-7-5-4-6-8-17/h4-12,15,19H,3,13-14H2,1-2H3,(H2,23,24,25,26,27,28)/t15-,19+/m1/s1. The van der Waals surface area contributed by atoms with E-state index in [1.54, 1.807) is 13.8 Å². The van der Waals surface area contributed by atoms with Crippen molar-refractivity contribution in [3.8, 4) is 11.1 Å². The number of anilines is 1. The summed E-state index contributed by atoms with van der Waals surface area (Å²) in [4.78, 5) is 24.9. The highest BCUT2D eigenvalue weighted by Gasteiger charge is 2.26. The predicted molar refractivity (Wildman–Crippen MR) is 112 cm³/mol. The van der Waals surface area contributed by atoms with Crippen LogP contribution in [0.25, 0.3) is 11.1 Å². The average molecular weight is 407 g/mol. The average Bonchev–Trinajstić information content (AvgIpc) is 3.27. The van der Waals surface area contributed by atoms with Crippen LogP contribution in [0.3, 0.4) is 0 Å². The van der Waals surface area contributed by atoms with Crippen LogP contribution in [0.2, 0.25) is 0 Å². The molecular formula is C22H25N5O3. The summed E-state index contributed by atoms with van der Waals surface area (Å²) in [6, 6.07) is 18.2. The topological polar surface area (TPSA) is 110 Å². The van der Waals surface area contributed by atoms with Crippen molar-refractivity contribution in [2.24, 2.45) is 11.8 Å². The molecule has 156 valence electrons. The number of carbonyl (C=O) groups is 2. The lowest BCUT2D eigenvalue weighted by Crippen LogP contribution is -2.29. The molecule has 0 saturated carbocycles. The fourth-order valence-electron chi connectivity index (χ4n) is 3.27. The number of tetrazole rings is 1. The number of hydrogen-bond donors (Lipinski definition) is 2. The lowest BCUT2D eigenvalue weighted by atomic mass is 9.89. The first-order valence-electron chi connectivity index (χ1n) is 9.92. The molecule has 3 aromatic rings. The molecule has 2 aromatic carbocycles. The van der Waals surface area contributed by atoms with E-state index >= 15 is 0 Å². The first-order chi connectivity index (χ1) is 14.6. The molecule has 2 N–H and O–H groups in total. The molecule has 0 spiro atoms. The largest absolute Gasteiger partial charge is 0.466 e. The molecule has 30 heavy (non-hydrogen) atoms. The molecule has 3 rings (SSSR count). The Balaban J connectivity index is 1.73. The molecule has 1 heterocycles. The monoisotopic (exact) mass is 407 g/mol. The minimum Gasteiger partial charge on any atom is -0.466 e. The van der Waals surface area contributed by atoms with Crippen molar-refractivity contribution in [3.05, 3.63) is 60.2 Å². The number of ether oxygens (including phenoxy) is 1. The first-order valence-corrected chi connectivity index (χ1v) is 9.92. The van der Waals surface area contributed by atoms with E-state index in [2.05, 4.69) is 38.1 Å². The van der Waals surface area contributed by atoms with Gasteiger partial charge in [-0.2, -0.15) is 5.21 Å². The van der Waals surface area contributed by atoms with Gasteiger partial charge in [0, 0.05) is 5.92 Å². The number of nitrogens with one attached hydrogen (secondary N) is 2. The number of aromatic amines is 1. The maximum atomic E-state index is 12.8. The lowest BCUT2D eigenvalue weighted by molar-refractivity contribution is -0.148. The third-order valence-electron chi connectivity index (χ3n) is 4.82. The minimum absolute atomic E-state index is 0.105. The van der Waals surface area contributed by atoms with Gasteiger partial charge in [0.15, 0.2) is 0 Å². The van der Waals surface area contributed by atoms with Crippen LogP contribution in [0.1, 0.15) is 25.8 Å². The van der Waals surface area contributed by atoms with E-state index in [0.717, 1.165) is 16.7 Å². The number of hydrogen-bond acceptors (Lipinski definition) is 6. The van der Waals surface area contributed by atoms with Crippen LogP contribution in [0.5, 0.6) is 0 Å². The van der Waals surface area contributed by atoms with Crippen molar-refractivity contribution >= 4 is 17.8 Å². The van der Waals surface area contributed by atoms with Crippen LogP contribution < -0.4 is 5.32 Å². The van der Waals surface area contributed by atoms with Gasteiger partial charge in [0.1, 0.15) is 0 Å². The number of esters is 1. The quantitative estimate of drug-likeness (QED) is 0.527. The predicted octanol–water partition coefficient (Wildman–Crippen LogP) is 3.25. The Hall–Kier alpha value is -3.55. The molecule has 0 aliphatic carbocycles. The molecule has 0 unspecified atom stereocenters. The zero-order valence-corrected chi connectivity index (χ0v) is 17.0. The number of H-pyrrole nitrogens is 1. The zero-order chi connectivity index (χ0) is 21.3. The van der Waals surface area contributed by atoms with Gasteiger partial charge in [-0.25, -0.2) is 0 Å². The summed E-state index contributed by atoms with van der Waals surface area (Å²) >= 11 is 0. The molecule has 1 aromatic heterocycles. The van der Waals surface area contributed by atoms with E-state index in [0.29, 0.717) is 19.4 Å². The highest BCUT2D eigenvalue weighted by atomic mass is 16.5. The third-order valence-corrected chi connectivity index (χ3v) is 4.82. The molecule has 0 fully saturated rings. The Morgan fingerprint density at radius 1 is 1.07 bits per heavy atom. The fraction of sp³-hybridized carbons (Fsp3) is 0.318. The number of rotatable bonds is 9. The maximum Gasteiger partial charge on any atom is 0.308 e. The molecule has 0 saturated heterocycles. The summed E-state index contributed by atoms with van der Waals surface area (Å²) in [5.41, 5.74) is 3.23. The van der Waals surface area contributed by atoms with Crippen LogP contribution in [-0.4, -0.2) is 39.1 Å². The Kier molecular flexibility index (Phi) is 7.26. The second-order valence-electron chi connectivity index (χ2n) is 7.08. The lowest BCUT2D eigenvalue weighted by Gasteiger charge is -2.19. The molecule has 0 aliphatic heterocycles. The highest BCUT2D eigenvalue weighted by molar-refractivity contribution is 5.91. The summed E-state index contributed by atoms with van der Waals surface area (Å²) in [5.74, 6) is -1.33. The van der Waals surface area contributed by atoms with Gasteiger partial charge in [-0.3, -0.25) is 14.9 Å². The number of carbonyl (C=O) groups excluding carboxylic acids is 2. The smallest absolute Gasteiger partial charge is 0.308 e. The van der Waals surface area contributed by atoms with Gasteiger partial charge in [-0.1, -0.05) is 66.6 Å². The zero-order valence-electron chi connectivity index (χ0n) is 17.0. The van der Waals surface area contributed by atoms with Crippen LogP contribution in [0, 0.1) is 11.8 Å². The van der Waals surface area contributed by atoms with Gasteiger partial charge in [-0.05, 0) is 41.7 Å². The normalized spacial score (nSPS) is 12.7. The van der Waals surface area contributed by atoms with Gasteiger partial charge in [0.25, 0.3) is 5.95 Å². The van der Waals surface area contributed by atoms with Crippen molar-refractivity contribution in [2.45, 2.75) is 26.7 Å². The summed E-state index contributed by atoms with van der Waals surface area (Å²) in [6.07, 6.45) is 0.825. The summed E-state index contributed by atoms with van der Waals surface area (Å²) in [7, 11) is 0. The third kappa shape index (κ3) is 5.73. The van der Waals surface area contributed by atoms with Crippen LogP contribution in [-0.2, 0) is 20.7 Å². The van der Waals surface area contributed by atoms with E-state index < -0.39 is 11.8 Å². The fourth-order valence-corrected chi connectivity index (χ4v) is 3.27. The highest BCUT2D eigenvalue weighted by Crippen LogP contribution is 2.23. The summed E-state index contributed by atoms with van der Waals surface area (Å²) in [5, 5.41) is 15.9. The van der Waals surface area contributed by atoms with Crippen LogP contribution >= 0.6 is 0 Å². The van der Waals surface area contributed by atoms with E-state index in [1.165, 1.54) is 0 Å². The Labute approximate surface area is 175 Å². The Morgan fingerprint density at radius 3 is 2.40 bits per heavy atom. The summed E-state index contributed by atoms with van der Waals surface area (Å²) < 4.78 is 5.09. The van der Waals surface area contributed by atoms with Crippen molar-refractivity contribution in [1.29, 1.82) is 0 Å². The van der Waals surface area contributed by atoms with Crippen LogP contribution in [0.15, 0.2) is 54.6 Å². The summed E-state index contributed by atoms with van der Waals surface area (Å²) in [6.45, 7) is 3.84. The van der Waals surface area contributed by atoms with E-state index in [1.807, 2.05) is 42.5 Å². The molecule has 0 bridgehead atoms. The molecule has 0 aliphatic rings. The number of nitrogens with zero attached hydrogens (tertiary/aromatic N) is 3. The van der Waals surface area contributed by atoms with Crippen molar-refractivity contribution < 1.29 is 14.3 Å². The van der Waals surface area contributed by atoms with Crippen molar-refractivity contribution in [3.63, 3.8) is 0 Å². The molecule has 2 atom stereocenters. The second kappa shape index (κ2) is 10.3. The molecule has 8 heteroatoms. The molecule has 0 radical (unpaired) electrons. The number of aromatic nitrogens is 4. The van der Waals surface area contributed by atoms with Gasteiger partial charge < -0.3 is 4.74 Å². The van der Waals surface area contributed by atoms with Gasteiger partial charge in [-0.15, -0.1) is 5.10 Å². The van der Waals surface area contributed by atoms with Crippen molar-refractivity contribution in [2.75, 3.05) is 11.9 Å². The van der Waals surface area contributed by atoms with E-state index in [4.69, 9.17) is 4.74 Å². The van der Waals surface area contributed by atoms with Gasteiger partial charge >= 0.3 is 5.97 Å². The Morgan fingerprint density at radius 2 is 1.77 bits per heavy atom. The molecule has 1 amide bonds. The second-order valence-corrected chi connectivity index (χ2v) is 7.08.